The molecule has 1 aromatic carbocycles. The van der Waals surface area contributed by atoms with Crippen molar-refractivity contribution in [1.82, 2.24) is 4.90 Å². The van der Waals surface area contributed by atoms with E-state index in [1.54, 1.807) is 6.07 Å². The second-order valence-corrected chi connectivity index (χ2v) is 4.26. The number of hydrogen-bond donors (Lipinski definition) is 1. The maximum atomic E-state index is 12.5. The zero-order chi connectivity index (χ0) is 16.0. The van der Waals surface area contributed by atoms with Gasteiger partial charge in [0, 0.05) is 12.2 Å². The molecule has 0 heterocycles. The molecule has 116 valence electrons. The van der Waals surface area contributed by atoms with Gasteiger partial charge in [0.15, 0.2) is 0 Å². The molecule has 0 aromatic heterocycles. The second kappa shape index (κ2) is 6.96. The number of carbonyl (C=O) groups excluding carboxylic acids is 2. The smallest absolute Gasteiger partial charge is 0.406 e. The highest BCUT2D eigenvalue weighted by Gasteiger charge is 2.33. The molecule has 0 fully saturated rings. The minimum Gasteiger partial charge on any atom is -0.469 e. The van der Waals surface area contributed by atoms with Crippen LogP contribution in [0, 0.1) is 0 Å². The summed E-state index contributed by atoms with van der Waals surface area (Å²) in [7, 11) is 1.12. The maximum absolute atomic E-state index is 12.5. The molecule has 0 saturated heterocycles. The van der Waals surface area contributed by atoms with Crippen LogP contribution in [0.5, 0.6) is 0 Å². The zero-order valence-corrected chi connectivity index (χ0v) is 11.3. The Labute approximate surface area is 119 Å². The van der Waals surface area contributed by atoms with Crippen molar-refractivity contribution in [3.05, 3.63) is 29.8 Å². The van der Waals surface area contributed by atoms with Crippen LogP contribution in [-0.4, -0.2) is 43.2 Å². The average Bonchev–Trinajstić information content (AvgIpc) is 2.41. The van der Waals surface area contributed by atoms with Crippen molar-refractivity contribution in [3.63, 3.8) is 0 Å². The number of nitrogen functional groups attached to an aromatic ring is 1. The van der Waals surface area contributed by atoms with Crippen LogP contribution in [-0.2, 0) is 9.53 Å². The molecule has 0 aliphatic carbocycles. The predicted molar refractivity (Wildman–Crippen MR) is 69.4 cm³/mol. The molecule has 1 rings (SSSR count). The van der Waals surface area contributed by atoms with Crippen molar-refractivity contribution >= 4 is 17.6 Å². The lowest BCUT2D eigenvalue weighted by Crippen LogP contribution is -2.40. The first-order valence-corrected chi connectivity index (χ1v) is 6.02. The lowest BCUT2D eigenvalue weighted by Gasteiger charge is -2.24. The summed E-state index contributed by atoms with van der Waals surface area (Å²) < 4.78 is 42.0. The number of rotatable bonds is 5. The van der Waals surface area contributed by atoms with Crippen LogP contribution in [0.3, 0.4) is 0 Å². The van der Waals surface area contributed by atoms with Crippen LogP contribution in [0.25, 0.3) is 0 Å². The first-order chi connectivity index (χ1) is 9.74. The second-order valence-electron chi connectivity index (χ2n) is 4.26. The van der Waals surface area contributed by atoms with Gasteiger partial charge < -0.3 is 15.4 Å². The quantitative estimate of drug-likeness (QED) is 0.665. The van der Waals surface area contributed by atoms with Gasteiger partial charge in [-0.25, -0.2) is 0 Å². The molecule has 0 spiro atoms. The molecule has 0 aliphatic heterocycles. The molecule has 1 amide bonds. The number of para-hydroxylation sites is 1. The van der Waals surface area contributed by atoms with Crippen molar-refractivity contribution in [2.45, 2.75) is 12.6 Å². The summed E-state index contributed by atoms with van der Waals surface area (Å²) >= 11 is 0. The number of esters is 1. The van der Waals surface area contributed by atoms with E-state index in [2.05, 4.69) is 4.74 Å². The van der Waals surface area contributed by atoms with E-state index in [0.717, 1.165) is 7.11 Å². The van der Waals surface area contributed by atoms with Gasteiger partial charge in [-0.3, -0.25) is 9.59 Å². The number of alkyl halides is 3. The number of nitrogens with two attached hydrogens (primary N) is 1. The number of methoxy groups -OCH3 is 1. The Morgan fingerprint density at radius 3 is 2.43 bits per heavy atom. The summed E-state index contributed by atoms with van der Waals surface area (Å²) in [6.07, 6.45) is -4.90. The summed E-state index contributed by atoms with van der Waals surface area (Å²) in [6, 6.07) is 5.81. The minimum atomic E-state index is -4.57. The molecule has 8 heteroatoms. The van der Waals surface area contributed by atoms with Gasteiger partial charge in [-0.2, -0.15) is 13.2 Å². The number of anilines is 1. The summed E-state index contributed by atoms with van der Waals surface area (Å²) in [6.45, 7) is -1.86. The van der Waals surface area contributed by atoms with Gasteiger partial charge in [0.1, 0.15) is 6.54 Å². The fraction of sp³-hybridized carbons (Fsp3) is 0.385. The molecule has 2 N–H and O–H groups in total. The van der Waals surface area contributed by atoms with Crippen molar-refractivity contribution in [2.24, 2.45) is 0 Å². The van der Waals surface area contributed by atoms with Gasteiger partial charge in [-0.15, -0.1) is 0 Å². The molecule has 0 saturated carbocycles. The first kappa shape index (κ1) is 16.8. The topological polar surface area (TPSA) is 72.6 Å². The molecule has 1 aromatic rings. The molecule has 5 nitrogen and oxygen atoms in total. The molecule has 0 unspecified atom stereocenters. The van der Waals surface area contributed by atoms with Crippen LogP contribution in [0.15, 0.2) is 24.3 Å². The summed E-state index contributed by atoms with van der Waals surface area (Å²) in [5.41, 5.74) is 5.63. The van der Waals surface area contributed by atoms with E-state index in [1.807, 2.05) is 0 Å². The Morgan fingerprint density at radius 1 is 1.29 bits per heavy atom. The van der Waals surface area contributed by atoms with Gasteiger partial charge >= 0.3 is 12.1 Å². The number of carbonyl (C=O) groups is 2. The first-order valence-electron chi connectivity index (χ1n) is 6.02. The van der Waals surface area contributed by atoms with Gasteiger partial charge in [-0.05, 0) is 12.1 Å². The maximum Gasteiger partial charge on any atom is 0.406 e. The Morgan fingerprint density at radius 2 is 1.90 bits per heavy atom. The molecular formula is C13H15F3N2O3. The van der Waals surface area contributed by atoms with Gasteiger partial charge in [-0.1, -0.05) is 12.1 Å². The third-order valence-corrected chi connectivity index (χ3v) is 2.66. The fourth-order valence-corrected chi connectivity index (χ4v) is 1.66. The number of nitrogens with zero attached hydrogens (tertiary/aromatic N) is 1. The van der Waals surface area contributed by atoms with E-state index in [9.17, 15) is 22.8 Å². The van der Waals surface area contributed by atoms with Gasteiger partial charge in [0.2, 0.25) is 0 Å². The SMILES string of the molecule is COC(=O)CCN(CC(F)(F)F)C(=O)c1ccccc1N. The fourth-order valence-electron chi connectivity index (χ4n) is 1.66. The Kier molecular flexibility index (Phi) is 5.57. The summed E-state index contributed by atoms with van der Waals surface area (Å²) in [5, 5.41) is 0. The van der Waals surface area contributed by atoms with E-state index >= 15 is 0 Å². The van der Waals surface area contributed by atoms with E-state index in [1.165, 1.54) is 18.2 Å². The molecule has 0 atom stereocenters. The zero-order valence-electron chi connectivity index (χ0n) is 11.3. The monoisotopic (exact) mass is 304 g/mol. The number of hydrogen-bond acceptors (Lipinski definition) is 4. The Balaban J connectivity index is 2.92. The lowest BCUT2D eigenvalue weighted by molar-refractivity contribution is -0.146. The van der Waals surface area contributed by atoms with Crippen molar-refractivity contribution in [1.29, 1.82) is 0 Å². The standard InChI is InChI=1S/C13H15F3N2O3/c1-21-11(19)6-7-18(8-13(14,15)16)12(20)9-4-2-3-5-10(9)17/h2-5H,6-8,17H2,1H3. The lowest BCUT2D eigenvalue weighted by atomic mass is 10.1. The Bertz CT molecular complexity index is 518. The molecule has 0 bridgehead atoms. The highest BCUT2D eigenvalue weighted by molar-refractivity contribution is 5.99. The van der Waals surface area contributed by atoms with Crippen molar-refractivity contribution in [2.75, 3.05) is 25.9 Å². The van der Waals surface area contributed by atoms with Crippen LogP contribution in [0.1, 0.15) is 16.8 Å². The average molecular weight is 304 g/mol. The molecule has 21 heavy (non-hydrogen) atoms. The highest BCUT2D eigenvalue weighted by Crippen LogP contribution is 2.20. The largest absolute Gasteiger partial charge is 0.469 e. The Hall–Kier alpha value is -2.25. The normalized spacial score (nSPS) is 11.0. The van der Waals surface area contributed by atoms with Crippen LogP contribution in [0.4, 0.5) is 18.9 Å². The van der Waals surface area contributed by atoms with E-state index in [0.29, 0.717) is 4.90 Å². The van der Waals surface area contributed by atoms with Crippen LogP contribution >= 0.6 is 0 Å². The highest BCUT2D eigenvalue weighted by atomic mass is 19.4. The third-order valence-electron chi connectivity index (χ3n) is 2.66. The van der Waals surface area contributed by atoms with Crippen LogP contribution in [0.2, 0.25) is 0 Å². The van der Waals surface area contributed by atoms with Gasteiger partial charge in [0.25, 0.3) is 5.91 Å². The summed E-state index contributed by atoms with van der Waals surface area (Å²) in [4.78, 5) is 23.7. The molecule has 0 aliphatic rings. The number of halogens is 3. The van der Waals surface area contributed by atoms with Gasteiger partial charge in [0.05, 0.1) is 19.1 Å². The van der Waals surface area contributed by atoms with E-state index in [-0.39, 0.29) is 17.7 Å². The number of ether oxygens (including phenoxy) is 1. The minimum absolute atomic E-state index is 0.0355. The number of amides is 1. The van der Waals surface area contributed by atoms with E-state index < -0.39 is 31.1 Å². The van der Waals surface area contributed by atoms with Crippen molar-refractivity contribution in [3.8, 4) is 0 Å². The molecule has 0 radical (unpaired) electrons. The van der Waals surface area contributed by atoms with Crippen LogP contribution < -0.4 is 5.73 Å². The molecular weight excluding hydrogens is 289 g/mol. The third kappa shape index (κ3) is 5.33. The van der Waals surface area contributed by atoms with Crippen molar-refractivity contribution < 1.29 is 27.5 Å². The summed E-state index contributed by atoms with van der Waals surface area (Å²) in [5.74, 6) is -1.58. The number of benzene rings is 1. The predicted octanol–water partition coefficient (Wildman–Crippen LogP) is 1.84. The van der Waals surface area contributed by atoms with E-state index in [4.69, 9.17) is 5.73 Å².